The van der Waals surface area contributed by atoms with Crippen molar-refractivity contribution < 1.29 is 4.74 Å². The Morgan fingerprint density at radius 3 is 2.70 bits per heavy atom. The highest BCUT2D eigenvalue weighted by atomic mass is 32.2. The van der Waals surface area contributed by atoms with Gasteiger partial charge in [-0.05, 0) is 25.5 Å². The molecule has 1 aromatic heterocycles. The van der Waals surface area contributed by atoms with Gasteiger partial charge >= 0.3 is 0 Å². The molecule has 0 bridgehead atoms. The van der Waals surface area contributed by atoms with Crippen LogP contribution in [0.5, 0.6) is 0 Å². The first-order valence-corrected chi connectivity index (χ1v) is 8.49. The summed E-state index contributed by atoms with van der Waals surface area (Å²) in [5.41, 5.74) is 2.19. The Kier molecular flexibility index (Phi) is 4.84. The molecule has 0 amide bonds. The van der Waals surface area contributed by atoms with Gasteiger partial charge in [-0.1, -0.05) is 30.0 Å². The fourth-order valence-corrected chi connectivity index (χ4v) is 3.26. The molecule has 1 aromatic carbocycles. The zero-order chi connectivity index (χ0) is 16.2. The number of nitriles is 1. The minimum atomic E-state index is -0.181. The van der Waals surface area contributed by atoms with Crippen molar-refractivity contribution in [2.45, 2.75) is 24.3 Å². The van der Waals surface area contributed by atoms with Crippen LogP contribution in [-0.4, -0.2) is 46.3 Å². The molecule has 0 N–H and O–H groups in total. The van der Waals surface area contributed by atoms with Gasteiger partial charge in [-0.2, -0.15) is 5.26 Å². The third-order valence-corrected chi connectivity index (χ3v) is 4.66. The average Bonchev–Trinajstić information content (AvgIpc) is 2.99. The third-order valence-electron chi connectivity index (χ3n) is 3.73. The molecular formula is C16H19N5OS. The summed E-state index contributed by atoms with van der Waals surface area (Å²) in [5.74, 6) is 0.815. The van der Waals surface area contributed by atoms with Crippen molar-refractivity contribution in [3.63, 3.8) is 0 Å². The normalized spacial score (nSPS) is 16.1. The van der Waals surface area contributed by atoms with Crippen molar-refractivity contribution in [1.29, 1.82) is 5.26 Å². The first kappa shape index (κ1) is 15.8. The summed E-state index contributed by atoms with van der Waals surface area (Å²) >= 11 is 1.43. The molecule has 1 atom stereocenters. The summed E-state index contributed by atoms with van der Waals surface area (Å²) in [4.78, 5) is 2.18. The van der Waals surface area contributed by atoms with Crippen molar-refractivity contribution in [3.8, 4) is 11.8 Å². The second kappa shape index (κ2) is 7.02. The maximum absolute atomic E-state index is 9.11. The lowest BCUT2D eigenvalue weighted by Crippen LogP contribution is -2.38. The number of thioether (sulfide) groups is 1. The van der Waals surface area contributed by atoms with Gasteiger partial charge in [-0.3, -0.25) is 4.57 Å². The van der Waals surface area contributed by atoms with E-state index in [9.17, 15) is 0 Å². The van der Waals surface area contributed by atoms with Gasteiger partial charge in [0.2, 0.25) is 5.95 Å². The molecule has 1 aliphatic heterocycles. The van der Waals surface area contributed by atoms with Crippen LogP contribution in [-0.2, 0) is 4.74 Å². The predicted molar refractivity (Wildman–Crippen MR) is 90.1 cm³/mol. The fraction of sp³-hybridized carbons (Fsp3) is 0.438. The first-order chi connectivity index (χ1) is 11.2. The molecule has 0 unspecified atom stereocenters. The smallest absolute Gasteiger partial charge is 0.232 e. The summed E-state index contributed by atoms with van der Waals surface area (Å²) in [6.07, 6.45) is 0. The van der Waals surface area contributed by atoms with Gasteiger partial charge in [0.25, 0.3) is 0 Å². The highest BCUT2D eigenvalue weighted by Gasteiger charge is 2.23. The molecule has 7 heteroatoms. The molecule has 120 valence electrons. The Labute approximate surface area is 140 Å². The Morgan fingerprint density at radius 1 is 1.26 bits per heavy atom. The predicted octanol–water partition coefficient (Wildman–Crippen LogP) is 2.42. The Hall–Kier alpha value is -2.04. The van der Waals surface area contributed by atoms with Crippen molar-refractivity contribution in [1.82, 2.24) is 14.8 Å². The maximum atomic E-state index is 9.11. The van der Waals surface area contributed by atoms with E-state index in [0.717, 1.165) is 35.4 Å². The summed E-state index contributed by atoms with van der Waals surface area (Å²) in [6.45, 7) is 6.91. The van der Waals surface area contributed by atoms with Gasteiger partial charge in [0, 0.05) is 13.1 Å². The standard InChI is InChI=1S/C16H19N5OS/c1-12-5-3-4-6-14(12)21-15(20-7-9-22-10-8-20)18-19-16(21)23-13(2)11-17/h3-6,13H,7-10H2,1-2H3/t13-/m0/s1. The van der Waals surface area contributed by atoms with Gasteiger partial charge < -0.3 is 9.64 Å². The lowest BCUT2D eigenvalue weighted by molar-refractivity contribution is 0.122. The largest absolute Gasteiger partial charge is 0.378 e. The number of aryl methyl sites for hydroxylation is 1. The van der Waals surface area contributed by atoms with E-state index in [1.807, 2.05) is 19.1 Å². The van der Waals surface area contributed by atoms with Crippen LogP contribution in [0.25, 0.3) is 5.69 Å². The maximum Gasteiger partial charge on any atom is 0.232 e. The molecule has 0 radical (unpaired) electrons. The highest BCUT2D eigenvalue weighted by Crippen LogP contribution is 2.30. The number of hydrogen-bond acceptors (Lipinski definition) is 6. The minimum absolute atomic E-state index is 0.181. The molecule has 0 saturated carbocycles. The number of rotatable bonds is 4. The lowest BCUT2D eigenvalue weighted by Gasteiger charge is -2.28. The van der Waals surface area contributed by atoms with Gasteiger partial charge in [-0.15, -0.1) is 10.2 Å². The summed E-state index contributed by atoms with van der Waals surface area (Å²) in [6, 6.07) is 10.4. The Balaban J connectivity index is 2.06. The minimum Gasteiger partial charge on any atom is -0.378 e. The second-order valence-corrected chi connectivity index (χ2v) is 6.70. The molecule has 6 nitrogen and oxygen atoms in total. The molecule has 2 heterocycles. The monoisotopic (exact) mass is 329 g/mol. The van der Waals surface area contributed by atoms with E-state index in [2.05, 4.69) is 44.8 Å². The average molecular weight is 329 g/mol. The van der Waals surface area contributed by atoms with Crippen molar-refractivity contribution in [2.24, 2.45) is 0 Å². The Bertz CT molecular complexity index is 718. The molecular weight excluding hydrogens is 310 g/mol. The van der Waals surface area contributed by atoms with E-state index < -0.39 is 0 Å². The van der Waals surface area contributed by atoms with E-state index in [1.54, 1.807) is 0 Å². The molecule has 0 spiro atoms. The quantitative estimate of drug-likeness (QED) is 0.803. The topological polar surface area (TPSA) is 67.0 Å². The van der Waals surface area contributed by atoms with Crippen LogP contribution < -0.4 is 4.90 Å². The first-order valence-electron chi connectivity index (χ1n) is 7.61. The van der Waals surface area contributed by atoms with Crippen LogP contribution in [0, 0.1) is 18.3 Å². The highest BCUT2D eigenvalue weighted by molar-refractivity contribution is 8.00. The number of ether oxygens (including phenoxy) is 1. The number of nitrogens with zero attached hydrogens (tertiary/aromatic N) is 5. The third kappa shape index (κ3) is 3.33. The van der Waals surface area contributed by atoms with Crippen LogP contribution in [0.3, 0.4) is 0 Å². The summed E-state index contributed by atoms with van der Waals surface area (Å²) < 4.78 is 7.49. The van der Waals surface area contributed by atoms with Crippen LogP contribution in [0.1, 0.15) is 12.5 Å². The second-order valence-electron chi connectivity index (χ2n) is 5.39. The molecule has 0 aliphatic carbocycles. The van der Waals surface area contributed by atoms with Gasteiger partial charge in [0.1, 0.15) is 0 Å². The van der Waals surface area contributed by atoms with Crippen LogP contribution in [0.4, 0.5) is 5.95 Å². The van der Waals surface area contributed by atoms with Gasteiger partial charge in [0.15, 0.2) is 5.16 Å². The summed E-state index contributed by atoms with van der Waals surface area (Å²) in [5, 5.41) is 18.4. The van der Waals surface area contributed by atoms with Crippen LogP contribution in [0.15, 0.2) is 29.4 Å². The van der Waals surface area contributed by atoms with Crippen molar-refractivity contribution in [2.75, 3.05) is 31.2 Å². The number of para-hydroxylation sites is 1. The van der Waals surface area contributed by atoms with Crippen molar-refractivity contribution in [3.05, 3.63) is 29.8 Å². The number of anilines is 1. The number of morpholine rings is 1. The summed E-state index contributed by atoms with van der Waals surface area (Å²) in [7, 11) is 0. The molecule has 1 fully saturated rings. The Morgan fingerprint density at radius 2 is 2.00 bits per heavy atom. The van der Waals surface area contributed by atoms with Crippen LogP contribution in [0.2, 0.25) is 0 Å². The molecule has 23 heavy (non-hydrogen) atoms. The van der Waals surface area contributed by atoms with Gasteiger partial charge in [-0.25, -0.2) is 0 Å². The van der Waals surface area contributed by atoms with E-state index in [4.69, 9.17) is 10.00 Å². The number of aromatic nitrogens is 3. The van der Waals surface area contributed by atoms with E-state index >= 15 is 0 Å². The van der Waals surface area contributed by atoms with E-state index in [0.29, 0.717) is 13.2 Å². The molecule has 2 aromatic rings. The molecule has 3 rings (SSSR count). The van der Waals surface area contributed by atoms with E-state index in [1.165, 1.54) is 11.8 Å². The van der Waals surface area contributed by atoms with E-state index in [-0.39, 0.29) is 5.25 Å². The fourth-order valence-electron chi connectivity index (χ4n) is 2.52. The zero-order valence-electron chi connectivity index (χ0n) is 13.3. The van der Waals surface area contributed by atoms with Crippen LogP contribution >= 0.6 is 11.8 Å². The SMILES string of the molecule is Cc1ccccc1-n1c(S[C@@H](C)C#N)nnc1N1CCOCC1. The van der Waals surface area contributed by atoms with Gasteiger partial charge in [0.05, 0.1) is 30.2 Å². The molecule has 1 saturated heterocycles. The number of benzene rings is 1. The number of hydrogen-bond donors (Lipinski definition) is 0. The van der Waals surface area contributed by atoms with Crippen molar-refractivity contribution >= 4 is 17.7 Å². The molecule has 1 aliphatic rings. The zero-order valence-corrected chi connectivity index (χ0v) is 14.1. The lowest BCUT2D eigenvalue weighted by atomic mass is 10.2.